The first-order valence-electron chi connectivity index (χ1n) is 7.02. The fourth-order valence-corrected chi connectivity index (χ4v) is 3.09. The zero-order chi connectivity index (χ0) is 14.5. The Labute approximate surface area is 126 Å². The molecule has 0 saturated carbocycles. The van der Waals surface area contributed by atoms with Crippen molar-refractivity contribution in [2.24, 2.45) is 0 Å². The number of rotatable bonds is 6. The molecule has 1 fully saturated rings. The molecule has 1 aliphatic rings. The van der Waals surface area contributed by atoms with E-state index in [1.165, 1.54) is 4.68 Å². The van der Waals surface area contributed by atoms with Crippen molar-refractivity contribution in [1.29, 1.82) is 0 Å². The van der Waals surface area contributed by atoms with Crippen molar-refractivity contribution < 1.29 is 5.11 Å². The van der Waals surface area contributed by atoms with E-state index < -0.39 is 0 Å². The summed E-state index contributed by atoms with van der Waals surface area (Å²) in [6.07, 6.45) is 3.81. The molecule has 0 bridgehead atoms. The second-order valence-corrected chi connectivity index (χ2v) is 5.73. The first-order valence-corrected chi connectivity index (χ1v) is 7.82. The topological polar surface area (TPSA) is 70.4 Å². The third kappa shape index (κ3) is 3.21. The van der Waals surface area contributed by atoms with Crippen molar-refractivity contribution in [3.63, 3.8) is 0 Å². The van der Waals surface area contributed by atoms with Crippen LogP contribution in [0.15, 0.2) is 15.5 Å². The maximum atomic E-state index is 12.2. The summed E-state index contributed by atoms with van der Waals surface area (Å²) >= 11 is 3.40. The summed E-state index contributed by atoms with van der Waals surface area (Å²) in [5.41, 5.74) is 0.656. The largest absolute Gasteiger partial charge is 0.394 e. The predicted octanol–water partition coefficient (Wildman–Crippen LogP) is 0.576. The number of halogens is 1. The van der Waals surface area contributed by atoms with Crippen molar-refractivity contribution >= 4 is 21.6 Å². The van der Waals surface area contributed by atoms with Gasteiger partial charge in [-0.1, -0.05) is 6.92 Å². The number of hydrogen-bond donors (Lipinski definition) is 2. The normalized spacial score (nSPS) is 18.4. The van der Waals surface area contributed by atoms with Gasteiger partial charge >= 0.3 is 0 Å². The van der Waals surface area contributed by atoms with Gasteiger partial charge in [0.1, 0.15) is 4.47 Å². The summed E-state index contributed by atoms with van der Waals surface area (Å²) in [4.78, 5) is 14.5. The molecule has 7 heteroatoms. The molecule has 1 saturated heterocycles. The fourth-order valence-electron chi connectivity index (χ4n) is 2.56. The van der Waals surface area contributed by atoms with Crippen molar-refractivity contribution in [1.82, 2.24) is 15.1 Å². The van der Waals surface area contributed by atoms with E-state index in [9.17, 15) is 4.79 Å². The summed E-state index contributed by atoms with van der Waals surface area (Å²) in [6.45, 7) is 5.10. The van der Waals surface area contributed by atoms with Gasteiger partial charge in [-0.25, -0.2) is 4.68 Å². The maximum absolute atomic E-state index is 12.2. The molecule has 1 atom stereocenters. The van der Waals surface area contributed by atoms with E-state index in [2.05, 4.69) is 38.2 Å². The molecule has 2 N–H and O–H groups in total. The Hall–Kier alpha value is -0.920. The second kappa shape index (κ2) is 7.19. The summed E-state index contributed by atoms with van der Waals surface area (Å²) in [5.74, 6) is 0. The first-order chi connectivity index (χ1) is 9.69. The van der Waals surface area contributed by atoms with Crippen LogP contribution >= 0.6 is 15.9 Å². The summed E-state index contributed by atoms with van der Waals surface area (Å²) < 4.78 is 1.81. The highest BCUT2D eigenvalue weighted by molar-refractivity contribution is 9.10. The Kier molecular flexibility index (Phi) is 5.56. The smallest absolute Gasteiger partial charge is 0.283 e. The number of nitrogens with zero attached hydrogens (tertiary/aromatic N) is 3. The lowest BCUT2D eigenvalue weighted by atomic mass is 10.2. The minimum Gasteiger partial charge on any atom is -0.394 e. The average Bonchev–Trinajstić information content (AvgIpc) is 2.96. The van der Waals surface area contributed by atoms with E-state index >= 15 is 0 Å². The number of aliphatic hydroxyl groups is 1. The molecule has 1 unspecified atom stereocenters. The lowest BCUT2D eigenvalue weighted by Crippen LogP contribution is -2.39. The van der Waals surface area contributed by atoms with Crippen LogP contribution in [0.25, 0.3) is 0 Å². The Morgan fingerprint density at radius 3 is 3.05 bits per heavy atom. The first kappa shape index (κ1) is 15.5. The lowest BCUT2D eigenvalue weighted by molar-refractivity contribution is 0.266. The molecule has 0 aliphatic carbocycles. The van der Waals surface area contributed by atoms with Gasteiger partial charge in [-0.15, -0.1) is 0 Å². The standard InChI is InChI=1S/C13H21BrN4O2/c1-2-5-17(10-3-4-15-8-10)11-9-16-18(6-7-19)13(20)12(11)14/h9-10,15,19H,2-8H2,1H3. The molecule has 0 aromatic carbocycles. The lowest BCUT2D eigenvalue weighted by Gasteiger charge is -2.30. The zero-order valence-corrected chi connectivity index (χ0v) is 13.3. The second-order valence-electron chi connectivity index (χ2n) is 4.94. The van der Waals surface area contributed by atoms with Gasteiger partial charge in [-0.3, -0.25) is 4.79 Å². The SMILES string of the molecule is CCCN(c1cnn(CCO)c(=O)c1Br)C1CCNC1. The highest BCUT2D eigenvalue weighted by Crippen LogP contribution is 2.25. The van der Waals surface area contributed by atoms with Gasteiger partial charge in [-0.2, -0.15) is 5.10 Å². The Balaban J connectivity index is 2.33. The highest BCUT2D eigenvalue weighted by Gasteiger charge is 2.25. The number of anilines is 1. The molecule has 1 aromatic heterocycles. The molecule has 2 heterocycles. The minimum atomic E-state index is -0.191. The molecule has 20 heavy (non-hydrogen) atoms. The Morgan fingerprint density at radius 2 is 2.45 bits per heavy atom. The quantitative estimate of drug-likeness (QED) is 0.789. The van der Waals surface area contributed by atoms with Crippen molar-refractivity contribution in [3.8, 4) is 0 Å². The summed E-state index contributed by atoms with van der Waals surface area (Å²) in [7, 11) is 0. The highest BCUT2D eigenvalue weighted by atomic mass is 79.9. The van der Waals surface area contributed by atoms with Crippen LogP contribution in [0.3, 0.4) is 0 Å². The summed E-state index contributed by atoms with van der Waals surface area (Å²) in [6, 6.07) is 0.404. The zero-order valence-electron chi connectivity index (χ0n) is 11.7. The number of aliphatic hydroxyl groups excluding tert-OH is 1. The summed E-state index contributed by atoms with van der Waals surface area (Å²) in [5, 5.41) is 16.4. The molecule has 2 rings (SSSR count). The van der Waals surface area contributed by atoms with Crippen molar-refractivity contribution in [2.75, 3.05) is 31.1 Å². The fraction of sp³-hybridized carbons (Fsp3) is 0.692. The maximum Gasteiger partial charge on any atom is 0.283 e. The van der Waals surface area contributed by atoms with Crippen molar-refractivity contribution in [3.05, 3.63) is 21.0 Å². The Morgan fingerprint density at radius 1 is 1.65 bits per heavy atom. The van der Waals surface area contributed by atoms with E-state index in [1.54, 1.807) is 6.20 Å². The monoisotopic (exact) mass is 344 g/mol. The van der Waals surface area contributed by atoms with E-state index in [1.807, 2.05) is 0 Å². The van der Waals surface area contributed by atoms with Gasteiger partial charge in [0, 0.05) is 19.1 Å². The van der Waals surface area contributed by atoms with Crippen LogP contribution in [0.1, 0.15) is 19.8 Å². The number of hydrogen-bond acceptors (Lipinski definition) is 5. The number of nitrogens with one attached hydrogen (secondary N) is 1. The van der Waals surface area contributed by atoms with Crippen LogP contribution in [0, 0.1) is 0 Å². The molecular formula is C13H21BrN4O2. The van der Waals surface area contributed by atoms with E-state index in [-0.39, 0.29) is 18.7 Å². The van der Waals surface area contributed by atoms with Gasteiger partial charge in [0.2, 0.25) is 0 Å². The van der Waals surface area contributed by atoms with Gasteiger partial charge in [0.25, 0.3) is 5.56 Å². The molecular weight excluding hydrogens is 324 g/mol. The van der Waals surface area contributed by atoms with Crippen LogP contribution in [0.4, 0.5) is 5.69 Å². The molecule has 1 aromatic rings. The number of aromatic nitrogens is 2. The van der Waals surface area contributed by atoms with Crippen molar-refractivity contribution in [2.45, 2.75) is 32.4 Å². The Bertz CT molecular complexity index is 500. The predicted molar refractivity (Wildman–Crippen MR) is 82.2 cm³/mol. The van der Waals surface area contributed by atoms with E-state index in [0.29, 0.717) is 10.5 Å². The third-order valence-electron chi connectivity index (χ3n) is 3.53. The van der Waals surface area contributed by atoms with Gasteiger partial charge in [0.15, 0.2) is 0 Å². The van der Waals surface area contributed by atoms with Crippen LogP contribution in [0.2, 0.25) is 0 Å². The molecule has 1 aliphatic heterocycles. The van der Waals surface area contributed by atoms with E-state index in [4.69, 9.17) is 5.11 Å². The van der Waals surface area contributed by atoms with Crippen LogP contribution in [0.5, 0.6) is 0 Å². The minimum absolute atomic E-state index is 0.0933. The molecule has 112 valence electrons. The van der Waals surface area contributed by atoms with Crippen LogP contribution < -0.4 is 15.8 Å². The molecule has 0 radical (unpaired) electrons. The van der Waals surface area contributed by atoms with Gasteiger partial charge in [0.05, 0.1) is 25.0 Å². The molecule has 0 amide bonds. The van der Waals surface area contributed by atoms with Gasteiger partial charge < -0.3 is 15.3 Å². The molecule has 6 nitrogen and oxygen atoms in total. The average molecular weight is 345 g/mol. The van der Waals surface area contributed by atoms with E-state index in [0.717, 1.165) is 38.2 Å². The molecule has 0 spiro atoms. The van der Waals surface area contributed by atoms with Crippen LogP contribution in [-0.2, 0) is 6.54 Å². The van der Waals surface area contributed by atoms with Gasteiger partial charge in [-0.05, 0) is 35.3 Å². The third-order valence-corrected chi connectivity index (χ3v) is 4.27. The van der Waals surface area contributed by atoms with Crippen LogP contribution in [-0.4, -0.2) is 47.2 Å².